The van der Waals surface area contributed by atoms with Crippen molar-refractivity contribution in [1.82, 2.24) is 0 Å². The maximum Gasteiger partial charge on any atom is 0.253 e. The van der Waals surface area contributed by atoms with Gasteiger partial charge < -0.3 is 9.80 Å². The van der Waals surface area contributed by atoms with Crippen LogP contribution in [0, 0.1) is 13.8 Å². The highest BCUT2D eigenvalue weighted by molar-refractivity contribution is 5.85. The Bertz CT molecular complexity index is 889. The maximum absolute atomic E-state index is 12.2. The van der Waals surface area contributed by atoms with Crippen LogP contribution in [0.1, 0.15) is 11.1 Å². The standard InChI is InChI=1S/C20H20N2O2/c1-13-9-5-7-11-15(13)21(3)17-18(20(24)19(17)23)22(4)16-12-8-6-10-14(16)2/h5-12H,1-4H3. The van der Waals surface area contributed by atoms with Gasteiger partial charge in [0, 0.05) is 25.5 Å². The first-order valence-corrected chi connectivity index (χ1v) is 7.85. The van der Waals surface area contributed by atoms with Crippen LogP contribution >= 0.6 is 0 Å². The molecular formula is C20H20N2O2. The molecule has 0 bridgehead atoms. The number of rotatable bonds is 4. The summed E-state index contributed by atoms with van der Waals surface area (Å²) in [6.45, 7) is 3.98. The zero-order chi connectivity index (χ0) is 17.4. The number of nitrogens with zero attached hydrogens (tertiary/aromatic N) is 2. The molecular weight excluding hydrogens is 300 g/mol. The molecule has 0 saturated carbocycles. The zero-order valence-corrected chi connectivity index (χ0v) is 14.3. The van der Waals surface area contributed by atoms with Crippen molar-refractivity contribution in [3.63, 3.8) is 0 Å². The molecule has 3 aromatic rings. The van der Waals surface area contributed by atoms with Crippen molar-refractivity contribution >= 4 is 22.7 Å². The van der Waals surface area contributed by atoms with Crippen LogP contribution in [-0.2, 0) is 0 Å². The van der Waals surface area contributed by atoms with Crippen molar-refractivity contribution in [2.24, 2.45) is 0 Å². The second kappa shape index (κ2) is 5.96. The molecule has 4 heteroatoms. The van der Waals surface area contributed by atoms with Crippen LogP contribution in [0.15, 0.2) is 58.1 Å². The van der Waals surface area contributed by atoms with Crippen LogP contribution in [0.2, 0.25) is 0 Å². The largest absolute Gasteiger partial charge is 0.339 e. The maximum atomic E-state index is 12.2. The van der Waals surface area contributed by atoms with E-state index in [1.165, 1.54) is 0 Å². The third-order valence-electron chi connectivity index (χ3n) is 4.49. The SMILES string of the molecule is Cc1ccccc1N(C)c1c(N(C)c2ccccc2C)c(=O)c1=O. The van der Waals surface area contributed by atoms with Crippen molar-refractivity contribution in [3.8, 4) is 0 Å². The summed E-state index contributed by atoms with van der Waals surface area (Å²) in [4.78, 5) is 28.1. The van der Waals surface area contributed by atoms with E-state index in [0.717, 1.165) is 22.5 Å². The predicted molar refractivity (Wildman–Crippen MR) is 99.8 cm³/mol. The lowest BCUT2D eigenvalue weighted by Gasteiger charge is -2.30. The molecule has 0 heterocycles. The number of anilines is 4. The Hall–Kier alpha value is -2.88. The van der Waals surface area contributed by atoms with Gasteiger partial charge in [-0.05, 0) is 37.1 Å². The van der Waals surface area contributed by atoms with Crippen molar-refractivity contribution in [2.45, 2.75) is 13.8 Å². The Morgan fingerprint density at radius 3 is 1.29 bits per heavy atom. The molecule has 0 amide bonds. The summed E-state index contributed by atoms with van der Waals surface area (Å²) in [5.74, 6) is 0. The molecule has 3 rings (SSSR count). The zero-order valence-electron chi connectivity index (χ0n) is 14.3. The minimum absolute atomic E-state index is 0.434. The second-order valence-electron chi connectivity index (χ2n) is 6.05. The molecule has 0 spiro atoms. The molecule has 0 saturated heterocycles. The Morgan fingerprint density at radius 2 is 0.958 bits per heavy atom. The number of hydrogen-bond donors (Lipinski definition) is 0. The quantitative estimate of drug-likeness (QED) is 0.691. The minimum atomic E-state index is -0.434. The fraction of sp³-hybridized carbons (Fsp3) is 0.200. The van der Waals surface area contributed by atoms with Crippen LogP contribution in [0.25, 0.3) is 0 Å². The molecule has 0 N–H and O–H groups in total. The fourth-order valence-electron chi connectivity index (χ4n) is 3.11. The number of para-hydroxylation sites is 2. The van der Waals surface area contributed by atoms with Crippen molar-refractivity contribution in [1.29, 1.82) is 0 Å². The van der Waals surface area contributed by atoms with Gasteiger partial charge in [-0.15, -0.1) is 0 Å². The Kier molecular flexibility index (Phi) is 3.97. The van der Waals surface area contributed by atoms with Gasteiger partial charge >= 0.3 is 0 Å². The second-order valence-corrected chi connectivity index (χ2v) is 6.05. The number of aryl methyl sites for hydroxylation is 2. The van der Waals surface area contributed by atoms with E-state index >= 15 is 0 Å². The van der Waals surface area contributed by atoms with Gasteiger partial charge in [0.1, 0.15) is 11.4 Å². The van der Waals surface area contributed by atoms with Crippen molar-refractivity contribution in [2.75, 3.05) is 23.9 Å². The van der Waals surface area contributed by atoms with E-state index in [4.69, 9.17) is 0 Å². The van der Waals surface area contributed by atoms with Crippen molar-refractivity contribution < 1.29 is 0 Å². The van der Waals surface area contributed by atoms with Crippen molar-refractivity contribution in [3.05, 3.63) is 80.1 Å². The van der Waals surface area contributed by atoms with Gasteiger partial charge in [-0.1, -0.05) is 36.4 Å². The molecule has 0 aliphatic carbocycles. The van der Waals surface area contributed by atoms with Crippen LogP contribution in [0.5, 0.6) is 0 Å². The third kappa shape index (κ3) is 2.40. The normalized spacial score (nSPS) is 10.8. The van der Waals surface area contributed by atoms with Crippen LogP contribution in [0.3, 0.4) is 0 Å². The lowest BCUT2D eigenvalue weighted by Crippen LogP contribution is -2.42. The van der Waals surface area contributed by atoms with E-state index in [1.54, 1.807) is 0 Å². The van der Waals surface area contributed by atoms with Crippen LogP contribution in [-0.4, -0.2) is 14.1 Å². The first-order chi connectivity index (χ1) is 11.4. The van der Waals surface area contributed by atoms with Crippen LogP contribution in [0.4, 0.5) is 22.7 Å². The molecule has 4 nitrogen and oxygen atoms in total. The summed E-state index contributed by atoms with van der Waals surface area (Å²) >= 11 is 0. The van der Waals surface area contributed by atoms with Gasteiger partial charge in [-0.25, -0.2) is 0 Å². The van der Waals surface area contributed by atoms with Crippen LogP contribution < -0.4 is 20.7 Å². The van der Waals surface area contributed by atoms with E-state index in [2.05, 4.69) is 0 Å². The minimum Gasteiger partial charge on any atom is -0.339 e. The molecule has 122 valence electrons. The Morgan fingerprint density at radius 1 is 0.625 bits per heavy atom. The average molecular weight is 320 g/mol. The number of benzene rings is 2. The average Bonchev–Trinajstić information content (AvgIpc) is 2.58. The van der Waals surface area contributed by atoms with Gasteiger partial charge in [0.2, 0.25) is 0 Å². The highest BCUT2D eigenvalue weighted by Crippen LogP contribution is 2.34. The van der Waals surface area contributed by atoms with E-state index in [1.807, 2.05) is 86.3 Å². The van der Waals surface area contributed by atoms with Gasteiger partial charge in [0.15, 0.2) is 0 Å². The van der Waals surface area contributed by atoms with Gasteiger partial charge in [-0.3, -0.25) is 9.59 Å². The summed E-state index contributed by atoms with van der Waals surface area (Å²) in [5.41, 5.74) is 3.97. The summed E-state index contributed by atoms with van der Waals surface area (Å²) in [6, 6.07) is 15.6. The number of hydrogen-bond acceptors (Lipinski definition) is 4. The van der Waals surface area contributed by atoms with E-state index in [9.17, 15) is 9.59 Å². The summed E-state index contributed by atoms with van der Waals surface area (Å²) in [6.07, 6.45) is 0. The first-order valence-electron chi connectivity index (χ1n) is 7.85. The van der Waals surface area contributed by atoms with Gasteiger partial charge in [-0.2, -0.15) is 0 Å². The Balaban J connectivity index is 2.09. The topological polar surface area (TPSA) is 40.6 Å². The van der Waals surface area contributed by atoms with E-state index < -0.39 is 10.9 Å². The van der Waals surface area contributed by atoms with Gasteiger partial charge in [0.05, 0.1) is 0 Å². The molecule has 0 aliphatic rings. The van der Waals surface area contributed by atoms with E-state index in [-0.39, 0.29) is 0 Å². The Labute approximate surface area is 141 Å². The molecule has 3 aromatic carbocycles. The summed E-state index contributed by atoms with van der Waals surface area (Å²) in [7, 11) is 3.65. The summed E-state index contributed by atoms with van der Waals surface area (Å²) in [5, 5.41) is 0. The molecule has 0 aliphatic heterocycles. The lowest BCUT2D eigenvalue weighted by molar-refractivity contribution is 1.08. The summed E-state index contributed by atoms with van der Waals surface area (Å²) < 4.78 is 0. The third-order valence-corrected chi connectivity index (χ3v) is 4.49. The monoisotopic (exact) mass is 320 g/mol. The molecule has 0 radical (unpaired) electrons. The van der Waals surface area contributed by atoms with Gasteiger partial charge in [0.25, 0.3) is 10.9 Å². The molecule has 0 aromatic heterocycles. The highest BCUT2D eigenvalue weighted by atomic mass is 16.2. The molecule has 0 unspecified atom stereocenters. The highest BCUT2D eigenvalue weighted by Gasteiger charge is 2.29. The fourth-order valence-corrected chi connectivity index (χ4v) is 3.11. The van der Waals surface area contributed by atoms with E-state index in [0.29, 0.717) is 11.4 Å². The predicted octanol–water partition coefficient (Wildman–Crippen LogP) is 3.44. The first kappa shape index (κ1) is 16.0. The molecule has 0 atom stereocenters. The molecule has 0 fully saturated rings. The molecule has 24 heavy (non-hydrogen) atoms. The smallest absolute Gasteiger partial charge is 0.253 e. The lowest BCUT2D eigenvalue weighted by atomic mass is 10.1.